The van der Waals surface area contributed by atoms with Crippen molar-refractivity contribution in [2.24, 2.45) is 0 Å². The van der Waals surface area contributed by atoms with Crippen LogP contribution in [0.3, 0.4) is 0 Å². The number of nitrogens with zero attached hydrogens (tertiary/aromatic N) is 3. The number of ether oxygens (including phenoxy) is 1. The summed E-state index contributed by atoms with van der Waals surface area (Å²) in [6.07, 6.45) is 0. The Hall–Kier alpha value is -2.65. The van der Waals surface area contributed by atoms with Crippen LogP contribution in [0.1, 0.15) is 17.7 Å². The molecule has 2 aromatic carbocycles. The number of thioether (sulfide) groups is 1. The number of nitrogens with one attached hydrogen (secondary N) is 1. The van der Waals surface area contributed by atoms with E-state index in [2.05, 4.69) is 15.5 Å². The number of nitro groups is 1. The van der Waals surface area contributed by atoms with Crippen molar-refractivity contribution in [3.8, 4) is 5.75 Å². The fraction of sp³-hybridized carbons (Fsp3) is 0.176. The molecule has 1 heterocycles. The van der Waals surface area contributed by atoms with Gasteiger partial charge in [-0.3, -0.25) is 10.1 Å². The summed E-state index contributed by atoms with van der Waals surface area (Å²) >= 11 is 2.94. The molecule has 3 aromatic rings. The fourth-order valence-electron chi connectivity index (χ4n) is 2.24. The second kappa shape index (κ2) is 8.15. The molecule has 0 spiro atoms. The van der Waals surface area contributed by atoms with Crippen LogP contribution >= 0.6 is 23.1 Å². The van der Waals surface area contributed by atoms with Crippen LogP contribution < -0.4 is 10.1 Å². The summed E-state index contributed by atoms with van der Waals surface area (Å²) in [6, 6.07) is 14.2. The summed E-state index contributed by atoms with van der Waals surface area (Å²) < 4.78 is 5.99. The summed E-state index contributed by atoms with van der Waals surface area (Å²) in [5.74, 6) is 0.758. The van der Waals surface area contributed by atoms with E-state index in [1.165, 1.54) is 29.2 Å². The maximum absolute atomic E-state index is 10.9. The minimum absolute atomic E-state index is 0.0209. The molecule has 134 valence electrons. The predicted octanol–water partition coefficient (Wildman–Crippen LogP) is 5.05. The van der Waals surface area contributed by atoms with Gasteiger partial charge in [0.15, 0.2) is 4.34 Å². The molecule has 0 fully saturated rings. The molecular weight excluding hydrogens is 372 g/mol. The molecule has 0 amide bonds. The van der Waals surface area contributed by atoms with Gasteiger partial charge in [0.05, 0.1) is 12.0 Å². The molecule has 9 heteroatoms. The molecule has 1 aromatic heterocycles. The lowest BCUT2D eigenvalue weighted by molar-refractivity contribution is -0.384. The molecule has 3 rings (SSSR count). The van der Waals surface area contributed by atoms with E-state index in [1.54, 1.807) is 19.2 Å². The minimum Gasteiger partial charge on any atom is -0.497 e. The molecule has 0 aliphatic heterocycles. The molecule has 0 radical (unpaired) electrons. The summed E-state index contributed by atoms with van der Waals surface area (Å²) in [6.45, 7) is 1.99. The second-order valence-corrected chi connectivity index (χ2v) is 7.91. The Morgan fingerprint density at radius 3 is 2.81 bits per heavy atom. The third-order valence-electron chi connectivity index (χ3n) is 3.56. The maximum atomic E-state index is 10.9. The van der Waals surface area contributed by atoms with Crippen LogP contribution in [0, 0.1) is 10.1 Å². The quantitative estimate of drug-likeness (QED) is 0.344. The topological polar surface area (TPSA) is 90.2 Å². The highest BCUT2D eigenvalue weighted by Crippen LogP contribution is 2.38. The first kappa shape index (κ1) is 18.2. The highest BCUT2D eigenvalue weighted by Gasteiger charge is 2.15. The van der Waals surface area contributed by atoms with Gasteiger partial charge in [0.1, 0.15) is 5.75 Å². The maximum Gasteiger partial charge on any atom is 0.269 e. The molecule has 0 saturated carbocycles. The first-order chi connectivity index (χ1) is 12.5. The number of hydrogen-bond acceptors (Lipinski definition) is 8. The standard InChI is InChI=1S/C17H16N4O3S2/c1-11(12-5-3-7-14(9-12)21(22)23)25-17-20-19-16(26-17)18-13-6-4-8-15(10-13)24-2/h3-11H,1-2H3,(H,18,19). The molecule has 0 aliphatic carbocycles. The van der Waals surface area contributed by atoms with Crippen LogP contribution in [0.2, 0.25) is 0 Å². The van der Waals surface area contributed by atoms with Crippen molar-refractivity contribution in [3.05, 3.63) is 64.2 Å². The fourth-order valence-corrected chi connectivity index (χ4v) is 4.28. The van der Waals surface area contributed by atoms with Crippen LogP contribution in [0.4, 0.5) is 16.5 Å². The number of non-ortho nitro benzene ring substituents is 1. The van der Waals surface area contributed by atoms with E-state index in [9.17, 15) is 10.1 Å². The Labute approximate surface area is 158 Å². The van der Waals surface area contributed by atoms with Gasteiger partial charge >= 0.3 is 0 Å². The molecule has 0 bridgehead atoms. The van der Waals surface area contributed by atoms with Crippen LogP contribution in [0.5, 0.6) is 5.75 Å². The highest BCUT2D eigenvalue weighted by atomic mass is 32.2. The Morgan fingerprint density at radius 2 is 2.04 bits per heavy atom. The second-order valence-electron chi connectivity index (χ2n) is 5.34. The van der Waals surface area contributed by atoms with Crippen molar-refractivity contribution in [1.82, 2.24) is 10.2 Å². The number of aromatic nitrogens is 2. The van der Waals surface area contributed by atoms with Crippen molar-refractivity contribution in [1.29, 1.82) is 0 Å². The Balaban J connectivity index is 1.68. The Kier molecular flexibility index (Phi) is 5.69. The van der Waals surface area contributed by atoms with Crippen molar-refractivity contribution >= 4 is 39.6 Å². The van der Waals surface area contributed by atoms with E-state index in [0.29, 0.717) is 5.13 Å². The smallest absolute Gasteiger partial charge is 0.269 e. The Morgan fingerprint density at radius 1 is 1.23 bits per heavy atom. The van der Waals surface area contributed by atoms with Crippen molar-refractivity contribution < 1.29 is 9.66 Å². The van der Waals surface area contributed by atoms with E-state index >= 15 is 0 Å². The molecule has 0 saturated heterocycles. The number of methoxy groups -OCH3 is 1. The van der Waals surface area contributed by atoms with Crippen molar-refractivity contribution in [2.75, 3.05) is 12.4 Å². The van der Waals surface area contributed by atoms with E-state index in [4.69, 9.17) is 4.74 Å². The molecule has 1 unspecified atom stereocenters. The minimum atomic E-state index is -0.387. The molecule has 7 nitrogen and oxygen atoms in total. The predicted molar refractivity (Wildman–Crippen MR) is 104 cm³/mol. The molecule has 26 heavy (non-hydrogen) atoms. The van der Waals surface area contributed by atoms with Gasteiger partial charge in [-0.15, -0.1) is 10.2 Å². The lowest BCUT2D eigenvalue weighted by Gasteiger charge is -2.08. The van der Waals surface area contributed by atoms with Gasteiger partial charge in [-0.05, 0) is 24.6 Å². The van der Waals surface area contributed by atoms with Crippen LogP contribution in [-0.4, -0.2) is 22.2 Å². The molecular formula is C17H16N4O3S2. The lowest BCUT2D eigenvalue weighted by atomic mass is 10.1. The van der Waals surface area contributed by atoms with Crippen LogP contribution in [0.15, 0.2) is 52.9 Å². The zero-order valence-corrected chi connectivity index (χ0v) is 15.7. The van der Waals surface area contributed by atoms with Crippen molar-refractivity contribution in [2.45, 2.75) is 16.5 Å². The zero-order chi connectivity index (χ0) is 18.5. The van der Waals surface area contributed by atoms with Crippen LogP contribution in [-0.2, 0) is 0 Å². The van der Waals surface area contributed by atoms with E-state index in [-0.39, 0.29) is 15.9 Å². The number of nitro benzene ring substituents is 1. The average Bonchev–Trinajstić information content (AvgIpc) is 3.08. The summed E-state index contributed by atoms with van der Waals surface area (Å²) in [5.41, 5.74) is 1.83. The van der Waals surface area contributed by atoms with E-state index < -0.39 is 0 Å². The van der Waals surface area contributed by atoms with Gasteiger partial charge in [0.2, 0.25) is 5.13 Å². The van der Waals surface area contributed by atoms with Gasteiger partial charge in [0.25, 0.3) is 5.69 Å². The third kappa shape index (κ3) is 4.50. The molecule has 1 N–H and O–H groups in total. The van der Waals surface area contributed by atoms with Gasteiger partial charge in [0, 0.05) is 29.1 Å². The van der Waals surface area contributed by atoms with E-state index in [0.717, 1.165) is 21.3 Å². The monoisotopic (exact) mass is 388 g/mol. The van der Waals surface area contributed by atoms with Gasteiger partial charge < -0.3 is 10.1 Å². The first-order valence-electron chi connectivity index (χ1n) is 7.71. The van der Waals surface area contributed by atoms with Crippen LogP contribution in [0.25, 0.3) is 0 Å². The molecule has 0 aliphatic rings. The lowest BCUT2D eigenvalue weighted by Crippen LogP contribution is -1.92. The van der Waals surface area contributed by atoms with E-state index in [1.807, 2.05) is 37.3 Å². The number of anilines is 2. The zero-order valence-electron chi connectivity index (χ0n) is 14.1. The van der Waals surface area contributed by atoms with Gasteiger partial charge in [-0.2, -0.15) is 0 Å². The number of rotatable bonds is 7. The normalized spacial score (nSPS) is 11.8. The average molecular weight is 388 g/mol. The number of hydrogen-bond donors (Lipinski definition) is 1. The summed E-state index contributed by atoms with van der Waals surface area (Å²) in [7, 11) is 1.62. The van der Waals surface area contributed by atoms with Gasteiger partial charge in [-0.25, -0.2) is 0 Å². The SMILES string of the molecule is COc1cccc(Nc2nnc(SC(C)c3cccc([N+](=O)[O-])c3)s2)c1. The van der Waals surface area contributed by atoms with Gasteiger partial charge in [-0.1, -0.05) is 41.3 Å². The third-order valence-corrected chi connectivity index (χ3v) is 5.64. The molecule has 1 atom stereocenters. The Bertz CT molecular complexity index is 916. The first-order valence-corrected chi connectivity index (χ1v) is 9.40. The largest absolute Gasteiger partial charge is 0.497 e. The summed E-state index contributed by atoms with van der Waals surface area (Å²) in [5, 5.41) is 23.1. The number of benzene rings is 2. The summed E-state index contributed by atoms with van der Waals surface area (Å²) in [4.78, 5) is 10.5. The van der Waals surface area contributed by atoms with Crippen molar-refractivity contribution in [3.63, 3.8) is 0 Å². The highest BCUT2D eigenvalue weighted by molar-refractivity contribution is 8.01.